The van der Waals surface area contributed by atoms with Crippen LogP contribution in [0.3, 0.4) is 0 Å². The first-order valence-electron chi connectivity index (χ1n) is 7.04. The van der Waals surface area contributed by atoms with Gasteiger partial charge in [0.05, 0.1) is 0 Å². The fourth-order valence-electron chi connectivity index (χ4n) is 4.25. The van der Waals surface area contributed by atoms with Gasteiger partial charge in [0, 0.05) is 5.41 Å². The normalized spacial score (nSPS) is 35.3. The van der Waals surface area contributed by atoms with Gasteiger partial charge >= 0.3 is 0 Å². The highest BCUT2D eigenvalue weighted by atomic mass is 14.7. The van der Waals surface area contributed by atoms with Crippen molar-refractivity contribution in [1.82, 2.24) is 0 Å². The maximum absolute atomic E-state index is 9.25. The molecule has 2 aliphatic carbocycles. The summed E-state index contributed by atoms with van der Waals surface area (Å²) in [6.45, 7) is 11.3. The molecule has 19 heavy (non-hydrogen) atoms. The van der Waals surface area contributed by atoms with Gasteiger partial charge < -0.3 is 0 Å². The van der Waals surface area contributed by atoms with Gasteiger partial charge in [-0.25, -0.2) is 0 Å². The number of fused-ring (bicyclic) bond motifs is 2. The van der Waals surface area contributed by atoms with E-state index in [1.165, 1.54) is 5.57 Å². The monoisotopic (exact) mass is 254 g/mol. The van der Waals surface area contributed by atoms with E-state index < -0.39 is 0 Å². The Hall–Kier alpha value is -1.54. The molecule has 0 aromatic carbocycles. The Morgan fingerprint density at radius 2 is 1.63 bits per heavy atom. The third-order valence-corrected chi connectivity index (χ3v) is 6.38. The lowest BCUT2D eigenvalue weighted by atomic mass is 9.51. The zero-order valence-electron chi connectivity index (χ0n) is 12.6. The van der Waals surface area contributed by atoms with Gasteiger partial charge in [0.15, 0.2) is 0 Å². The van der Waals surface area contributed by atoms with Crippen LogP contribution in [0.15, 0.2) is 22.8 Å². The number of hydrogen-bond acceptors (Lipinski definition) is 2. The van der Waals surface area contributed by atoms with Crippen molar-refractivity contribution in [1.29, 1.82) is 10.5 Å². The van der Waals surface area contributed by atoms with Crippen molar-refractivity contribution in [2.75, 3.05) is 0 Å². The molecule has 2 unspecified atom stereocenters. The van der Waals surface area contributed by atoms with Crippen LogP contribution >= 0.6 is 0 Å². The smallest absolute Gasteiger partial charge is 0.133 e. The first-order chi connectivity index (χ1) is 8.78. The molecule has 0 radical (unpaired) electrons. The third-order valence-electron chi connectivity index (χ3n) is 6.38. The van der Waals surface area contributed by atoms with Crippen molar-refractivity contribution in [3.8, 4) is 12.1 Å². The Morgan fingerprint density at radius 3 is 2.11 bits per heavy atom. The highest BCUT2D eigenvalue weighted by molar-refractivity contribution is 5.54. The van der Waals surface area contributed by atoms with E-state index in [2.05, 4.69) is 52.8 Å². The number of nitriles is 2. The molecule has 2 atom stereocenters. The summed E-state index contributed by atoms with van der Waals surface area (Å²) < 4.78 is 0. The molecule has 1 saturated carbocycles. The maximum atomic E-state index is 9.25. The van der Waals surface area contributed by atoms with Crippen molar-refractivity contribution < 1.29 is 0 Å². The minimum Gasteiger partial charge on any atom is -0.192 e. The molecule has 2 rings (SSSR count). The van der Waals surface area contributed by atoms with Gasteiger partial charge in [0.25, 0.3) is 0 Å². The quantitative estimate of drug-likeness (QED) is 0.646. The number of allylic oxidation sites excluding steroid dienone is 4. The summed E-state index contributed by atoms with van der Waals surface area (Å²) >= 11 is 0. The minimum atomic E-state index is -0.0682. The average molecular weight is 254 g/mol. The second-order valence-electron chi connectivity index (χ2n) is 6.82. The average Bonchev–Trinajstić information content (AvgIpc) is 2.50. The molecular weight excluding hydrogens is 232 g/mol. The molecule has 2 bridgehead atoms. The largest absolute Gasteiger partial charge is 0.192 e. The van der Waals surface area contributed by atoms with Crippen LogP contribution < -0.4 is 0 Å². The molecule has 100 valence electrons. The number of rotatable bonds is 1. The fraction of sp³-hybridized carbons (Fsp3) is 0.647. The molecule has 0 spiro atoms. The highest BCUT2D eigenvalue weighted by Crippen LogP contribution is 2.71. The zero-order chi connectivity index (χ0) is 14.5. The van der Waals surface area contributed by atoms with Crippen LogP contribution in [0, 0.1) is 38.9 Å². The minimum absolute atomic E-state index is 0.0682. The molecule has 1 fully saturated rings. The number of nitrogens with zero attached hydrogens (tertiary/aromatic N) is 2. The molecule has 2 aliphatic rings. The van der Waals surface area contributed by atoms with E-state index in [0.29, 0.717) is 5.57 Å². The molecule has 0 aliphatic heterocycles. The van der Waals surface area contributed by atoms with Crippen LogP contribution in [0.2, 0.25) is 0 Å². The van der Waals surface area contributed by atoms with Gasteiger partial charge in [-0.15, -0.1) is 0 Å². The van der Waals surface area contributed by atoms with Crippen LogP contribution in [0.25, 0.3) is 0 Å². The summed E-state index contributed by atoms with van der Waals surface area (Å²) in [7, 11) is 0. The summed E-state index contributed by atoms with van der Waals surface area (Å²) in [6.07, 6.45) is 5.34. The highest BCUT2D eigenvalue weighted by Gasteiger charge is 2.62. The Labute approximate surface area is 116 Å². The van der Waals surface area contributed by atoms with Gasteiger partial charge in [-0.2, -0.15) is 10.5 Å². The van der Waals surface area contributed by atoms with Gasteiger partial charge in [-0.1, -0.05) is 46.3 Å². The molecular formula is C17H22N2. The first-order valence-corrected chi connectivity index (χ1v) is 7.04. The molecule has 0 saturated heterocycles. The van der Waals surface area contributed by atoms with Crippen molar-refractivity contribution >= 4 is 0 Å². The van der Waals surface area contributed by atoms with Crippen LogP contribution in [0.5, 0.6) is 0 Å². The van der Waals surface area contributed by atoms with Crippen LogP contribution in [0.1, 0.15) is 53.9 Å². The molecule has 0 aromatic rings. The Balaban J connectivity index is 2.82. The van der Waals surface area contributed by atoms with Gasteiger partial charge in [0.1, 0.15) is 17.7 Å². The van der Waals surface area contributed by atoms with E-state index in [1.54, 1.807) is 0 Å². The first kappa shape index (κ1) is 13.9. The van der Waals surface area contributed by atoms with Crippen molar-refractivity contribution in [2.45, 2.75) is 53.9 Å². The molecule has 2 heteroatoms. The standard InChI is InChI=1S/C17H22N2/c1-6-13-9-14(12(10-18)11-19)17(5)8-7-16(13,4)15(17,2)3/h9H,6-8H2,1-5H3. The predicted octanol–water partition coefficient (Wildman–Crippen LogP) is 4.51. The van der Waals surface area contributed by atoms with Gasteiger partial charge in [-0.05, 0) is 35.7 Å². The Kier molecular flexibility index (Phi) is 2.90. The van der Waals surface area contributed by atoms with Crippen molar-refractivity contribution in [3.05, 3.63) is 22.8 Å². The number of hydrogen-bond donors (Lipinski definition) is 0. The molecule has 0 amide bonds. The molecule has 0 heterocycles. The molecule has 2 nitrogen and oxygen atoms in total. The zero-order valence-corrected chi connectivity index (χ0v) is 12.6. The SMILES string of the molecule is CCC1=CC(=C(C#N)C#N)C2(C)CCC1(C)C2(C)C. The third kappa shape index (κ3) is 1.41. The lowest BCUT2D eigenvalue weighted by molar-refractivity contribution is 0.0676. The van der Waals surface area contributed by atoms with Crippen LogP contribution in [0.4, 0.5) is 0 Å². The summed E-state index contributed by atoms with van der Waals surface area (Å²) in [5.74, 6) is 0. The second-order valence-corrected chi connectivity index (χ2v) is 6.82. The predicted molar refractivity (Wildman–Crippen MR) is 75.9 cm³/mol. The van der Waals surface area contributed by atoms with E-state index in [0.717, 1.165) is 24.8 Å². The van der Waals surface area contributed by atoms with Crippen molar-refractivity contribution in [2.24, 2.45) is 16.2 Å². The van der Waals surface area contributed by atoms with E-state index in [1.807, 2.05) is 0 Å². The van der Waals surface area contributed by atoms with Crippen LogP contribution in [-0.4, -0.2) is 0 Å². The summed E-state index contributed by atoms with van der Waals surface area (Å²) in [5, 5.41) is 18.5. The molecule has 0 N–H and O–H groups in total. The second kappa shape index (κ2) is 3.97. The van der Waals surface area contributed by atoms with E-state index in [4.69, 9.17) is 0 Å². The van der Waals surface area contributed by atoms with E-state index >= 15 is 0 Å². The van der Waals surface area contributed by atoms with Gasteiger partial charge in [-0.3, -0.25) is 0 Å². The lowest BCUT2D eigenvalue weighted by Gasteiger charge is -2.53. The topological polar surface area (TPSA) is 47.6 Å². The van der Waals surface area contributed by atoms with E-state index in [-0.39, 0.29) is 16.2 Å². The van der Waals surface area contributed by atoms with Gasteiger partial charge in [0.2, 0.25) is 0 Å². The Bertz CT molecular complexity index is 549. The van der Waals surface area contributed by atoms with Crippen molar-refractivity contribution in [3.63, 3.8) is 0 Å². The Morgan fingerprint density at radius 1 is 1.11 bits per heavy atom. The summed E-state index contributed by atoms with van der Waals surface area (Å²) in [4.78, 5) is 0. The maximum Gasteiger partial charge on any atom is 0.133 e. The van der Waals surface area contributed by atoms with E-state index in [9.17, 15) is 10.5 Å². The fourth-order valence-corrected chi connectivity index (χ4v) is 4.25. The lowest BCUT2D eigenvalue weighted by Crippen LogP contribution is -2.45. The van der Waals surface area contributed by atoms with Crippen LogP contribution in [-0.2, 0) is 0 Å². The summed E-state index contributed by atoms with van der Waals surface area (Å²) in [6, 6.07) is 4.20. The molecule has 0 aromatic heterocycles. The summed E-state index contributed by atoms with van der Waals surface area (Å²) in [5.41, 5.74) is 2.86.